The van der Waals surface area contributed by atoms with Crippen molar-refractivity contribution < 1.29 is 14.4 Å². The molecule has 3 atom stereocenters. The van der Waals surface area contributed by atoms with Crippen molar-refractivity contribution in [2.75, 3.05) is 5.32 Å². The van der Waals surface area contributed by atoms with Gasteiger partial charge in [0.1, 0.15) is 29.3 Å². The molecule has 1 N–H and O–H groups in total. The Hall–Kier alpha value is -3.26. The summed E-state index contributed by atoms with van der Waals surface area (Å²) in [7, 11) is 0. The van der Waals surface area contributed by atoms with E-state index in [1.54, 1.807) is 27.8 Å². The Bertz CT molecular complexity index is 1290. The van der Waals surface area contributed by atoms with E-state index in [0.29, 0.717) is 11.5 Å². The van der Waals surface area contributed by atoms with Crippen molar-refractivity contribution in [1.29, 1.82) is 0 Å². The predicted molar refractivity (Wildman–Crippen MR) is 124 cm³/mol. The molecule has 5 rings (SSSR count). The van der Waals surface area contributed by atoms with E-state index in [1.165, 1.54) is 6.92 Å². The first-order valence-corrected chi connectivity index (χ1v) is 11.4. The summed E-state index contributed by atoms with van der Waals surface area (Å²) in [5.41, 5.74) is 2.09. The minimum absolute atomic E-state index is 0.0296. The highest BCUT2D eigenvalue weighted by Gasteiger charge is 2.51. The maximum Gasteiger partial charge on any atom is 0.248 e. The number of amides is 2. The molecular formula is C24H24ClN5O3. The van der Waals surface area contributed by atoms with Crippen molar-refractivity contribution in [3.8, 4) is 0 Å². The number of hydrogen-bond acceptors (Lipinski definition) is 5. The number of piperidine rings is 1. The first kappa shape index (κ1) is 21.6. The second-order valence-corrected chi connectivity index (χ2v) is 9.28. The number of rotatable bonds is 5. The topological polar surface area (TPSA) is 97.2 Å². The van der Waals surface area contributed by atoms with Gasteiger partial charge in [0, 0.05) is 18.4 Å². The van der Waals surface area contributed by atoms with Crippen LogP contribution in [0.3, 0.4) is 0 Å². The molecule has 3 aromatic rings. The van der Waals surface area contributed by atoms with Crippen LogP contribution in [0.4, 0.5) is 5.82 Å². The first-order valence-electron chi connectivity index (χ1n) is 11.0. The lowest BCUT2D eigenvalue weighted by atomic mass is 9.97. The normalized spacial score (nSPS) is 21.5. The average molecular weight is 466 g/mol. The molecule has 1 saturated carbocycles. The summed E-state index contributed by atoms with van der Waals surface area (Å²) >= 11 is 5.94. The molecule has 1 saturated heterocycles. The number of carbonyl (C=O) groups is 3. The lowest BCUT2D eigenvalue weighted by Gasteiger charge is -2.34. The summed E-state index contributed by atoms with van der Waals surface area (Å²) < 4.78 is 1.58. The number of benzene rings is 1. The van der Waals surface area contributed by atoms with Crippen LogP contribution in [0.2, 0.25) is 5.15 Å². The van der Waals surface area contributed by atoms with E-state index in [-0.39, 0.29) is 41.3 Å². The minimum atomic E-state index is -0.562. The maximum absolute atomic E-state index is 13.5. The summed E-state index contributed by atoms with van der Waals surface area (Å²) in [5.74, 6) is -0.106. The molecule has 0 spiro atoms. The zero-order chi connectivity index (χ0) is 23.3. The number of carbonyl (C=O) groups excluding carboxylic acids is 3. The molecule has 9 heteroatoms. The standard InChI is InChI=1S/C24H24ClN5O3/c1-13-6-9-18-17(10-13)22(14(2)31)28-29(18)12-21(32)30-16-8-7-15(11-16)23(30)24(33)27-20-5-3-4-19(25)26-20/h3-6,9-10,15-16,23H,7-8,11-12H2,1-2H3,(H,26,27,33)/t15-,16+,23-/m0/s1. The third kappa shape index (κ3) is 3.88. The van der Waals surface area contributed by atoms with E-state index < -0.39 is 6.04 Å². The Morgan fingerprint density at radius 2 is 2.00 bits per heavy atom. The maximum atomic E-state index is 13.5. The van der Waals surface area contributed by atoms with Gasteiger partial charge in [-0.1, -0.05) is 29.3 Å². The number of ketones is 1. The molecule has 2 amide bonds. The highest BCUT2D eigenvalue weighted by Crippen LogP contribution is 2.43. The Labute approximate surface area is 195 Å². The van der Waals surface area contributed by atoms with E-state index in [1.807, 2.05) is 25.1 Å². The summed E-state index contributed by atoms with van der Waals surface area (Å²) in [6.07, 6.45) is 2.60. The number of aryl methyl sites for hydroxylation is 1. The van der Waals surface area contributed by atoms with Gasteiger partial charge in [0.15, 0.2) is 5.78 Å². The fourth-order valence-corrected chi connectivity index (χ4v) is 5.41. The number of nitrogens with one attached hydrogen (secondary N) is 1. The van der Waals surface area contributed by atoms with Crippen LogP contribution < -0.4 is 5.32 Å². The smallest absolute Gasteiger partial charge is 0.248 e. The molecule has 1 aliphatic carbocycles. The van der Waals surface area contributed by atoms with E-state index in [2.05, 4.69) is 15.4 Å². The molecule has 3 heterocycles. The number of pyridine rings is 1. The molecule has 170 valence electrons. The minimum Gasteiger partial charge on any atom is -0.326 e. The van der Waals surface area contributed by atoms with Gasteiger partial charge in [-0.2, -0.15) is 5.10 Å². The van der Waals surface area contributed by atoms with Gasteiger partial charge in [-0.05, 0) is 56.4 Å². The lowest BCUT2D eigenvalue weighted by molar-refractivity contribution is -0.141. The van der Waals surface area contributed by atoms with Gasteiger partial charge in [-0.25, -0.2) is 4.98 Å². The average Bonchev–Trinajstić information content (AvgIpc) is 3.46. The number of halogens is 1. The number of aromatic nitrogens is 3. The Morgan fingerprint density at radius 1 is 1.18 bits per heavy atom. The quantitative estimate of drug-likeness (QED) is 0.458. The van der Waals surface area contributed by atoms with E-state index in [0.717, 1.165) is 35.7 Å². The van der Waals surface area contributed by atoms with Gasteiger partial charge < -0.3 is 10.2 Å². The van der Waals surface area contributed by atoms with Gasteiger partial charge >= 0.3 is 0 Å². The molecule has 0 unspecified atom stereocenters. The third-order valence-electron chi connectivity index (χ3n) is 6.63. The van der Waals surface area contributed by atoms with Crippen LogP contribution >= 0.6 is 11.6 Å². The number of fused-ring (bicyclic) bond motifs is 3. The Balaban J connectivity index is 1.42. The highest BCUT2D eigenvalue weighted by atomic mass is 35.5. The van der Waals surface area contributed by atoms with Crippen molar-refractivity contribution in [3.05, 3.63) is 52.8 Å². The van der Waals surface area contributed by atoms with Crippen molar-refractivity contribution >= 4 is 45.9 Å². The van der Waals surface area contributed by atoms with Crippen molar-refractivity contribution in [2.45, 2.75) is 51.7 Å². The number of likely N-dealkylation sites (tertiary alicyclic amines) is 1. The SMILES string of the molecule is CC(=O)c1nn(CC(=O)N2[C@@H]3CC[C@@H](C3)[C@H]2C(=O)Nc2cccc(Cl)n2)c2ccc(C)cc12. The molecule has 0 radical (unpaired) electrons. The van der Waals surface area contributed by atoms with Crippen molar-refractivity contribution in [3.63, 3.8) is 0 Å². The Kier molecular flexibility index (Phi) is 5.40. The van der Waals surface area contributed by atoms with Crippen LogP contribution in [-0.4, -0.2) is 49.3 Å². The van der Waals surface area contributed by atoms with Gasteiger partial charge in [-0.3, -0.25) is 19.1 Å². The molecule has 1 aromatic carbocycles. The third-order valence-corrected chi connectivity index (χ3v) is 6.84. The van der Waals surface area contributed by atoms with E-state index in [4.69, 9.17) is 11.6 Å². The summed E-state index contributed by atoms with van der Waals surface area (Å²) in [5, 5.41) is 8.29. The molecule has 8 nitrogen and oxygen atoms in total. The van der Waals surface area contributed by atoms with Crippen LogP contribution in [0, 0.1) is 12.8 Å². The van der Waals surface area contributed by atoms with Crippen LogP contribution in [0.1, 0.15) is 42.2 Å². The number of Topliss-reactive ketones (excluding diaryl/α,β-unsaturated/α-hetero) is 1. The molecule has 2 aliphatic rings. The van der Waals surface area contributed by atoms with Crippen molar-refractivity contribution in [2.24, 2.45) is 5.92 Å². The van der Waals surface area contributed by atoms with E-state index in [9.17, 15) is 14.4 Å². The zero-order valence-electron chi connectivity index (χ0n) is 18.4. The number of anilines is 1. The van der Waals surface area contributed by atoms with Crippen LogP contribution in [0.25, 0.3) is 10.9 Å². The van der Waals surface area contributed by atoms with Gasteiger partial charge in [0.25, 0.3) is 0 Å². The van der Waals surface area contributed by atoms with Gasteiger partial charge in [0.2, 0.25) is 11.8 Å². The van der Waals surface area contributed by atoms with Crippen LogP contribution in [-0.2, 0) is 16.1 Å². The summed E-state index contributed by atoms with van der Waals surface area (Å²) in [6.45, 7) is 3.39. The second kappa shape index (κ2) is 8.26. The molecular weight excluding hydrogens is 442 g/mol. The van der Waals surface area contributed by atoms with Crippen molar-refractivity contribution in [1.82, 2.24) is 19.7 Å². The van der Waals surface area contributed by atoms with Crippen LogP contribution in [0.15, 0.2) is 36.4 Å². The lowest BCUT2D eigenvalue weighted by Crippen LogP contribution is -2.52. The number of nitrogens with zero attached hydrogens (tertiary/aromatic N) is 4. The summed E-state index contributed by atoms with van der Waals surface area (Å²) in [6, 6.07) is 10.2. The molecule has 2 aromatic heterocycles. The zero-order valence-corrected chi connectivity index (χ0v) is 19.2. The fourth-order valence-electron chi connectivity index (χ4n) is 5.25. The highest BCUT2D eigenvalue weighted by molar-refractivity contribution is 6.29. The van der Waals surface area contributed by atoms with Gasteiger partial charge in [0.05, 0.1) is 5.52 Å². The number of hydrogen-bond donors (Lipinski definition) is 1. The van der Waals surface area contributed by atoms with Gasteiger partial charge in [-0.15, -0.1) is 0 Å². The van der Waals surface area contributed by atoms with E-state index >= 15 is 0 Å². The molecule has 2 bridgehead atoms. The summed E-state index contributed by atoms with van der Waals surface area (Å²) in [4.78, 5) is 44.6. The first-order chi connectivity index (χ1) is 15.8. The monoisotopic (exact) mass is 465 g/mol. The predicted octanol–water partition coefficient (Wildman–Crippen LogP) is 3.61. The molecule has 1 aliphatic heterocycles. The van der Waals surface area contributed by atoms with Crippen LogP contribution in [0.5, 0.6) is 0 Å². The largest absolute Gasteiger partial charge is 0.326 e. The fraction of sp³-hybridized carbons (Fsp3) is 0.375. The molecule has 2 fully saturated rings. The molecule has 33 heavy (non-hydrogen) atoms. The second-order valence-electron chi connectivity index (χ2n) is 8.89. The Morgan fingerprint density at radius 3 is 2.76 bits per heavy atom.